The first-order valence-electron chi connectivity index (χ1n) is 5.38. The summed E-state index contributed by atoms with van der Waals surface area (Å²) in [6.07, 6.45) is 2.07. The maximum atomic E-state index is 5.99. The van der Waals surface area contributed by atoms with Crippen LogP contribution in [0.1, 0.15) is 11.1 Å². The molecule has 2 heteroatoms. The number of halogens is 1. The van der Waals surface area contributed by atoms with E-state index >= 15 is 0 Å². The van der Waals surface area contributed by atoms with Gasteiger partial charge in [-0.15, -0.1) is 0 Å². The van der Waals surface area contributed by atoms with Crippen LogP contribution >= 0.6 is 15.9 Å². The molecule has 0 saturated carbocycles. The summed E-state index contributed by atoms with van der Waals surface area (Å²) in [6, 6.07) is 14.5. The van der Waals surface area contributed by atoms with Crippen LogP contribution in [-0.4, -0.2) is 0 Å². The Morgan fingerprint density at radius 3 is 2.56 bits per heavy atom. The predicted octanol–water partition coefficient (Wildman–Crippen LogP) is 4.34. The first kappa shape index (κ1) is 9.91. The first-order valence-corrected chi connectivity index (χ1v) is 6.17. The lowest BCUT2D eigenvalue weighted by molar-refractivity contribution is 0.476. The SMILES string of the molecule is Brc1cccc2c1Oc1ccccc1CC2. The van der Waals surface area contributed by atoms with Crippen molar-refractivity contribution in [1.29, 1.82) is 0 Å². The molecule has 2 aromatic rings. The minimum Gasteiger partial charge on any atom is -0.456 e. The van der Waals surface area contributed by atoms with E-state index in [0.29, 0.717) is 0 Å². The van der Waals surface area contributed by atoms with Gasteiger partial charge < -0.3 is 4.74 Å². The molecule has 0 aliphatic carbocycles. The van der Waals surface area contributed by atoms with E-state index in [2.05, 4.69) is 40.2 Å². The van der Waals surface area contributed by atoms with Crippen LogP contribution in [0.25, 0.3) is 0 Å². The number of fused-ring (bicyclic) bond motifs is 2. The summed E-state index contributed by atoms with van der Waals surface area (Å²) in [6.45, 7) is 0. The molecule has 3 rings (SSSR count). The first-order chi connectivity index (χ1) is 7.84. The minimum atomic E-state index is 0.965. The summed E-state index contributed by atoms with van der Waals surface area (Å²) < 4.78 is 7.02. The molecule has 1 heterocycles. The van der Waals surface area contributed by atoms with Crippen molar-refractivity contribution in [3.8, 4) is 11.5 Å². The summed E-state index contributed by atoms with van der Waals surface area (Å²) in [5.41, 5.74) is 2.55. The van der Waals surface area contributed by atoms with Gasteiger partial charge in [-0.3, -0.25) is 0 Å². The molecule has 80 valence electrons. The molecule has 0 bridgehead atoms. The quantitative estimate of drug-likeness (QED) is 0.695. The van der Waals surface area contributed by atoms with Crippen molar-refractivity contribution in [3.05, 3.63) is 58.1 Å². The highest BCUT2D eigenvalue weighted by Crippen LogP contribution is 2.38. The summed E-state index contributed by atoms with van der Waals surface area (Å²) in [7, 11) is 0. The van der Waals surface area contributed by atoms with Crippen molar-refractivity contribution in [2.75, 3.05) is 0 Å². The van der Waals surface area contributed by atoms with Crippen molar-refractivity contribution in [2.24, 2.45) is 0 Å². The Morgan fingerprint density at radius 2 is 1.62 bits per heavy atom. The number of ether oxygens (including phenoxy) is 1. The van der Waals surface area contributed by atoms with E-state index in [9.17, 15) is 0 Å². The summed E-state index contributed by atoms with van der Waals surface area (Å²) in [5, 5.41) is 0. The maximum absolute atomic E-state index is 5.99. The molecule has 0 spiro atoms. The van der Waals surface area contributed by atoms with Crippen molar-refractivity contribution in [3.63, 3.8) is 0 Å². The van der Waals surface area contributed by atoms with E-state index < -0.39 is 0 Å². The molecule has 1 aliphatic rings. The van der Waals surface area contributed by atoms with Gasteiger partial charge >= 0.3 is 0 Å². The zero-order valence-corrected chi connectivity index (χ0v) is 10.3. The molecular formula is C14H11BrO. The average Bonchev–Trinajstić information content (AvgIpc) is 2.50. The maximum Gasteiger partial charge on any atom is 0.144 e. The van der Waals surface area contributed by atoms with Crippen LogP contribution in [0.4, 0.5) is 0 Å². The van der Waals surface area contributed by atoms with E-state index in [4.69, 9.17) is 4.74 Å². The lowest BCUT2D eigenvalue weighted by atomic mass is 10.0. The zero-order chi connectivity index (χ0) is 11.0. The van der Waals surface area contributed by atoms with Crippen LogP contribution in [-0.2, 0) is 12.8 Å². The molecule has 0 aromatic heterocycles. The van der Waals surface area contributed by atoms with Crippen LogP contribution in [0.5, 0.6) is 11.5 Å². The molecule has 0 fully saturated rings. The topological polar surface area (TPSA) is 9.23 Å². The molecule has 0 N–H and O–H groups in total. The van der Waals surface area contributed by atoms with Crippen molar-refractivity contribution in [2.45, 2.75) is 12.8 Å². The average molecular weight is 275 g/mol. The second kappa shape index (κ2) is 3.95. The van der Waals surface area contributed by atoms with Crippen molar-refractivity contribution >= 4 is 15.9 Å². The van der Waals surface area contributed by atoms with Crippen LogP contribution in [0.2, 0.25) is 0 Å². The second-order valence-electron chi connectivity index (χ2n) is 3.94. The highest BCUT2D eigenvalue weighted by molar-refractivity contribution is 9.10. The lowest BCUT2D eigenvalue weighted by Gasteiger charge is -2.09. The van der Waals surface area contributed by atoms with Gasteiger partial charge in [0.1, 0.15) is 11.5 Å². The van der Waals surface area contributed by atoms with Gasteiger partial charge in [0.05, 0.1) is 4.47 Å². The number of benzene rings is 2. The number of hydrogen-bond acceptors (Lipinski definition) is 1. The van der Waals surface area contributed by atoms with Gasteiger partial charge in [0.2, 0.25) is 0 Å². The molecule has 1 nitrogen and oxygen atoms in total. The number of aryl methyl sites for hydroxylation is 2. The molecule has 2 aromatic carbocycles. The monoisotopic (exact) mass is 274 g/mol. The largest absolute Gasteiger partial charge is 0.456 e. The third kappa shape index (κ3) is 1.63. The molecule has 0 amide bonds. The Balaban J connectivity index is 2.13. The van der Waals surface area contributed by atoms with E-state index in [1.165, 1.54) is 11.1 Å². The van der Waals surface area contributed by atoms with E-state index in [1.807, 2.05) is 18.2 Å². The Morgan fingerprint density at radius 1 is 0.875 bits per heavy atom. The zero-order valence-electron chi connectivity index (χ0n) is 8.74. The fourth-order valence-electron chi connectivity index (χ4n) is 2.05. The van der Waals surface area contributed by atoms with Gasteiger partial charge in [-0.1, -0.05) is 30.3 Å². The highest BCUT2D eigenvalue weighted by atomic mass is 79.9. The number of hydrogen-bond donors (Lipinski definition) is 0. The third-order valence-electron chi connectivity index (χ3n) is 2.90. The Labute approximate surface area is 103 Å². The standard InChI is InChI=1S/C14H11BrO/c15-12-6-3-5-11-9-8-10-4-1-2-7-13(10)16-14(11)12/h1-7H,8-9H2. The van der Waals surface area contributed by atoms with Crippen LogP contribution < -0.4 is 4.74 Å². The fraction of sp³-hybridized carbons (Fsp3) is 0.143. The smallest absolute Gasteiger partial charge is 0.144 e. The summed E-state index contributed by atoms with van der Waals surface area (Å²) in [5.74, 6) is 1.95. The lowest BCUT2D eigenvalue weighted by Crippen LogP contribution is -1.88. The predicted molar refractivity (Wildman–Crippen MR) is 68.1 cm³/mol. The normalized spacial score (nSPS) is 13.3. The summed E-state index contributed by atoms with van der Waals surface area (Å²) >= 11 is 3.54. The van der Waals surface area contributed by atoms with Gasteiger partial charge in [-0.2, -0.15) is 0 Å². The Hall–Kier alpha value is -1.28. The van der Waals surface area contributed by atoms with E-state index in [1.54, 1.807) is 0 Å². The molecule has 0 atom stereocenters. The summed E-state index contributed by atoms with van der Waals surface area (Å²) in [4.78, 5) is 0. The van der Waals surface area contributed by atoms with Gasteiger partial charge in [-0.05, 0) is 52.0 Å². The number of rotatable bonds is 0. The highest BCUT2D eigenvalue weighted by Gasteiger charge is 2.15. The van der Waals surface area contributed by atoms with Crippen LogP contribution in [0.15, 0.2) is 46.9 Å². The van der Waals surface area contributed by atoms with Crippen LogP contribution in [0.3, 0.4) is 0 Å². The van der Waals surface area contributed by atoms with Gasteiger partial charge in [0.25, 0.3) is 0 Å². The van der Waals surface area contributed by atoms with Crippen LogP contribution in [0, 0.1) is 0 Å². The molecule has 1 aliphatic heterocycles. The van der Waals surface area contributed by atoms with Crippen molar-refractivity contribution < 1.29 is 4.74 Å². The van der Waals surface area contributed by atoms with Gasteiger partial charge in [0.15, 0.2) is 0 Å². The Kier molecular flexibility index (Phi) is 2.44. The van der Waals surface area contributed by atoms with Gasteiger partial charge in [0, 0.05) is 0 Å². The molecular weight excluding hydrogens is 264 g/mol. The Bertz CT molecular complexity index is 534. The molecule has 0 saturated heterocycles. The fourth-order valence-corrected chi connectivity index (χ4v) is 2.54. The van der Waals surface area contributed by atoms with E-state index in [0.717, 1.165) is 28.8 Å². The molecule has 0 radical (unpaired) electrons. The minimum absolute atomic E-state index is 0.965. The molecule has 16 heavy (non-hydrogen) atoms. The van der Waals surface area contributed by atoms with Crippen molar-refractivity contribution in [1.82, 2.24) is 0 Å². The van der Waals surface area contributed by atoms with Gasteiger partial charge in [-0.25, -0.2) is 0 Å². The molecule has 0 unspecified atom stereocenters. The second-order valence-corrected chi connectivity index (χ2v) is 4.79. The third-order valence-corrected chi connectivity index (χ3v) is 3.52. The van der Waals surface area contributed by atoms with E-state index in [-0.39, 0.29) is 0 Å². The number of para-hydroxylation sites is 2.